The number of nitrogens with zero attached hydrogens (tertiary/aromatic N) is 2. The van der Waals surface area contributed by atoms with Gasteiger partial charge in [0.05, 0.1) is 19.1 Å². The second kappa shape index (κ2) is 8.52. The van der Waals surface area contributed by atoms with Crippen molar-refractivity contribution in [2.45, 2.75) is 38.7 Å². The lowest BCUT2D eigenvalue weighted by Gasteiger charge is -2.35. The number of fused-ring (bicyclic) bond motifs is 1. The van der Waals surface area contributed by atoms with E-state index in [1.807, 2.05) is 6.07 Å². The Morgan fingerprint density at radius 2 is 2.04 bits per heavy atom. The van der Waals surface area contributed by atoms with Crippen LogP contribution in [0.25, 0.3) is 0 Å². The molecule has 1 atom stereocenters. The molecule has 1 saturated heterocycles. The summed E-state index contributed by atoms with van der Waals surface area (Å²) in [5.74, 6) is -1.35. The van der Waals surface area contributed by atoms with Gasteiger partial charge in [-0.15, -0.1) is 0 Å². The lowest BCUT2D eigenvalue weighted by molar-refractivity contribution is -0.147. The van der Waals surface area contributed by atoms with Gasteiger partial charge >= 0.3 is 5.97 Å². The van der Waals surface area contributed by atoms with E-state index in [0.29, 0.717) is 26.1 Å². The third-order valence-corrected chi connectivity index (χ3v) is 5.21. The van der Waals surface area contributed by atoms with Crippen LogP contribution in [0.4, 0.5) is 0 Å². The highest BCUT2D eigenvalue weighted by Gasteiger charge is 2.27. The minimum Gasteiger partial charge on any atom is -0.480 e. The lowest BCUT2D eigenvalue weighted by atomic mass is 10.0. The highest BCUT2D eigenvalue weighted by Crippen LogP contribution is 2.23. The highest BCUT2D eigenvalue weighted by molar-refractivity contribution is 5.80. The standard InChI is InChI=1S/C20H26N2O5/c1-14(23)22(13-20(25)26)12-18-11-21(7-8-27-18)19(24)10-15-5-6-16-3-2-4-17(16)9-15/h5-6,9,18H,2-4,7-8,10-13H2,1H3,(H,25,26). The summed E-state index contributed by atoms with van der Waals surface area (Å²) < 4.78 is 5.65. The smallest absolute Gasteiger partial charge is 0.323 e. The number of carbonyl (C=O) groups excluding carboxylic acids is 2. The predicted octanol–water partition coefficient (Wildman–Crippen LogP) is 0.878. The van der Waals surface area contributed by atoms with Crippen LogP contribution in [-0.2, 0) is 38.4 Å². The number of benzene rings is 1. The number of hydrogen-bond donors (Lipinski definition) is 1. The Labute approximate surface area is 158 Å². The quantitative estimate of drug-likeness (QED) is 0.799. The summed E-state index contributed by atoms with van der Waals surface area (Å²) in [6.45, 7) is 2.41. The number of rotatable bonds is 6. The van der Waals surface area contributed by atoms with Crippen LogP contribution in [0.2, 0.25) is 0 Å². The summed E-state index contributed by atoms with van der Waals surface area (Å²) in [5, 5.41) is 8.93. The molecule has 2 amide bonds. The van der Waals surface area contributed by atoms with E-state index >= 15 is 0 Å². The number of morpholine rings is 1. The Balaban J connectivity index is 1.57. The molecule has 0 radical (unpaired) electrons. The Bertz CT molecular complexity index is 733. The fraction of sp³-hybridized carbons (Fsp3) is 0.550. The minimum atomic E-state index is -1.06. The van der Waals surface area contributed by atoms with Gasteiger partial charge in [-0.05, 0) is 36.0 Å². The molecule has 0 bridgehead atoms. The van der Waals surface area contributed by atoms with Crippen molar-refractivity contribution in [2.24, 2.45) is 0 Å². The molecule has 1 aromatic rings. The van der Waals surface area contributed by atoms with E-state index in [4.69, 9.17) is 9.84 Å². The van der Waals surface area contributed by atoms with Gasteiger partial charge in [-0.25, -0.2) is 0 Å². The fourth-order valence-electron chi connectivity index (χ4n) is 3.79. The first-order valence-electron chi connectivity index (χ1n) is 9.39. The molecule has 0 saturated carbocycles. The van der Waals surface area contributed by atoms with Crippen molar-refractivity contribution < 1.29 is 24.2 Å². The first kappa shape index (κ1) is 19.4. The molecule has 7 nitrogen and oxygen atoms in total. The maximum absolute atomic E-state index is 12.7. The first-order chi connectivity index (χ1) is 12.9. The number of hydrogen-bond acceptors (Lipinski definition) is 4. The molecule has 1 aliphatic heterocycles. The van der Waals surface area contributed by atoms with E-state index in [1.54, 1.807) is 4.90 Å². The number of aliphatic carboxylic acids is 1. The molecular weight excluding hydrogens is 348 g/mol. The van der Waals surface area contributed by atoms with Crippen LogP contribution in [0.1, 0.15) is 30.0 Å². The van der Waals surface area contributed by atoms with Crippen LogP contribution in [0, 0.1) is 0 Å². The molecule has 0 aromatic heterocycles. The Morgan fingerprint density at radius 3 is 2.78 bits per heavy atom. The molecule has 1 fully saturated rings. The van der Waals surface area contributed by atoms with Gasteiger partial charge in [-0.3, -0.25) is 14.4 Å². The second-order valence-electron chi connectivity index (χ2n) is 7.26. The molecule has 2 aliphatic rings. The maximum atomic E-state index is 12.7. The number of amides is 2. The van der Waals surface area contributed by atoms with E-state index in [9.17, 15) is 14.4 Å². The van der Waals surface area contributed by atoms with Crippen molar-refractivity contribution >= 4 is 17.8 Å². The average Bonchev–Trinajstić information content (AvgIpc) is 3.08. The second-order valence-corrected chi connectivity index (χ2v) is 7.26. The zero-order valence-corrected chi connectivity index (χ0v) is 15.6. The van der Waals surface area contributed by atoms with Gasteiger partial charge in [0, 0.05) is 26.6 Å². The van der Waals surface area contributed by atoms with Crippen LogP contribution in [0.15, 0.2) is 18.2 Å². The normalized spacial score (nSPS) is 18.9. The van der Waals surface area contributed by atoms with E-state index in [2.05, 4.69) is 12.1 Å². The molecule has 146 valence electrons. The Morgan fingerprint density at radius 1 is 1.26 bits per heavy atom. The van der Waals surface area contributed by atoms with E-state index in [0.717, 1.165) is 18.4 Å². The molecule has 1 unspecified atom stereocenters. The summed E-state index contributed by atoms with van der Waals surface area (Å²) in [5.41, 5.74) is 3.77. The van der Waals surface area contributed by atoms with Crippen LogP contribution in [0.3, 0.4) is 0 Å². The van der Waals surface area contributed by atoms with Crippen molar-refractivity contribution in [1.29, 1.82) is 0 Å². The number of carboxylic acid groups (broad SMARTS) is 1. The third kappa shape index (κ3) is 5.07. The topological polar surface area (TPSA) is 87.2 Å². The highest BCUT2D eigenvalue weighted by atomic mass is 16.5. The van der Waals surface area contributed by atoms with Crippen molar-refractivity contribution in [3.8, 4) is 0 Å². The molecule has 3 rings (SSSR count). The van der Waals surface area contributed by atoms with Gasteiger partial charge in [0.2, 0.25) is 11.8 Å². The summed E-state index contributed by atoms with van der Waals surface area (Å²) >= 11 is 0. The molecule has 1 aromatic carbocycles. The van der Waals surface area contributed by atoms with Crippen LogP contribution >= 0.6 is 0 Å². The van der Waals surface area contributed by atoms with Crippen LogP contribution in [-0.4, -0.2) is 71.6 Å². The number of carboxylic acids is 1. The van der Waals surface area contributed by atoms with Crippen molar-refractivity contribution in [2.75, 3.05) is 32.8 Å². The van der Waals surface area contributed by atoms with Crippen LogP contribution < -0.4 is 0 Å². The molecule has 27 heavy (non-hydrogen) atoms. The van der Waals surface area contributed by atoms with E-state index in [1.165, 1.54) is 29.4 Å². The Kier molecular flexibility index (Phi) is 6.11. The minimum absolute atomic E-state index is 0.0360. The van der Waals surface area contributed by atoms with Gasteiger partial charge in [0.25, 0.3) is 0 Å². The van der Waals surface area contributed by atoms with Gasteiger partial charge in [0.15, 0.2) is 0 Å². The summed E-state index contributed by atoms with van der Waals surface area (Å²) in [4.78, 5) is 38.2. The lowest BCUT2D eigenvalue weighted by Crippen LogP contribution is -2.51. The number of carbonyl (C=O) groups is 3. The third-order valence-electron chi connectivity index (χ3n) is 5.21. The van der Waals surface area contributed by atoms with Crippen molar-refractivity contribution in [3.05, 3.63) is 34.9 Å². The number of aryl methyl sites for hydroxylation is 2. The van der Waals surface area contributed by atoms with Gasteiger partial charge in [-0.2, -0.15) is 0 Å². The Hall–Kier alpha value is -2.41. The zero-order valence-electron chi connectivity index (χ0n) is 15.6. The zero-order chi connectivity index (χ0) is 19.4. The molecule has 1 aliphatic carbocycles. The average molecular weight is 374 g/mol. The molecule has 1 heterocycles. The van der Waals surface area contributed by atoms with Crippen molar-refractivity contribution in [3.63, 3.8) is 0 Å². The summed E-state index contributed by atoms with van der Waals surface area (Å²) in [6, 6.07) is 6.30. The van der Waals surface area contributed by atoms with Crippen LogP contribution in [0.5, 0.6) is 0 Å². The molecule has 7 heteroatoms. The molecule has 1 N–H and O–H groups in total. The fourth-order valence-corrected chi connectivity index (χ4v) is 3.79. The van der Waals surface area contributed by atoms with Gasteiger partial charge < -0.3 is 19.6 Å². The largest absolute Gasteiger partial charge is 0.480 e. The molecular formula is C20H26N2O5. The maximum Gasteiger partial charge on any atom is 0.323 e. The SMILES string of the molecule is CC(=O)N(CC(=O)O)CC1CN(C(=O)Cc2ccc3c(c2)CCC3)CCO1. The van der Waals surface area contributed by atoms with Crippen molar-refractivity contribution in [1.82, 2.24) is 9.80 Å². The molecule has 0 spiro atoms. The predicted molar refractivity (Wildman–Crippen MR) is 98.4 cm³/mol. The summed E-state index contributed by atoms with van der Waals surface area (Å²) in [6.07, 6.45) is 3.37. The summed E-state index contributed by atoms with van der Waals surface area (Å²) in [7, 11) is 0. The first-order valence-corrected chi connectivity index (χ1v) is 9.39. The van der Waals surface area contributed by atoms with E-state index in [-0.39, 0.29) is 31.0 Å². The van der Waals surface area contributed by atoms with Gasteiger partial charge in [-0.1, -0.05) is 18.2 Å². The monoisotopic (exact) mass is 374 g/mol. The van der Waals surface area contributed by atoms with E-state index < -0.39 is 5.97 Å². The van der Waals surface area contributed by atoms with Gasteiger partial charge in [0.1, 0.15) is 6.54 Å². The number of ether oxygens (including phenoxy) is 1.